The zero-order chi connectivity index (χ0) is 17.5. The van der Waals surface area contributed by atoms with Gasteiger partial charge in [0.2, 0.25) is 0 Å². The van der Waals surface area contributed by atoms with Crippen molar-refractivity contribution in [3.05, 3.63) is 71.3 Å². The third kappa shape index (κ3) is 5.35. The maximum Gasteiger partial charge on any atom is 0.408 e. The molecule has 1 amide bonds. The molecule has 5 nitrogen and oxygen atoms in total. The Hall–Kier alpha value is -2.96. The number of benzene rings is 2. The lowest BCUT2D eigenvalue weighted by atomic mass is 10.1. The number of halogens is 2. The molecule has 0 bridgehead atoms. The fraction of sp³-hybridized carbons (Fsp3) is 0.176. The van der Waals surface area contributed by atoms with E-state index >= 15 is 0 Å². The summed E-state index contributed by atoms with van der Waals surface area (Å²) < 4.78 is 31.2. The Labute approximate surface area is 136 Å². The van der Waals surface area contributed by atoms with Gasteiger partial charge in [0, 0.05) is 12.5 Å². The van der Waals surface area contributed by atoms with Crippen molar-refractivity contribution in [2.24, 2.45) is 0 Å². The van der Waals surface area contributed by atoms with Crippen molar-refractivity contribution < 1.29 is 28.2 Å². The van der Waals surface area contributed by atoms with E-state index in [2.05, 4.69) is 5.32 Å². The number of hydrogen-bond acceptors (Lipinski definition) is 3. The molecule has 1 atom stereocenters. The SMILES string of the molecule is O=C(NC(Cc1cc(F)cc(F)c1)C(=O)O)OCc1ccccc1. The number of hydrogen-bond donors (Lipinski definition) is 2. The molecular formula is C17H15F2NO4. The average Bonchev–Trinajstić information content (AvgIpc) is 2.52. The number of carbonyl (C=O) groups excluding carboxylic acids is 1. The van der Waals surface area contributed by atoms with Crippen LogP contribution in [0.1, 0.15) is 11.1 Å². The number of carboxylic acids is 1. The van der Waals surface area contributed by atoms with Gasteiger partial charge in [-0.25, -0.2) is 18.4 Å². The molecule has 0 aromatic heterocycles. The first-order valence-corrected chi connectivity index (χ1v) is 7.09. The third-order valence-electron chi connectivity index (χ3n) is 3.17. The summed E-state index contributed by atoms with van der Waals surface area (Å²) in [6, 6.07) is 10.2. The maximum absolute atomic E-state index is 13.2. The van der Waals surface area contributed by atoms with Crippen LogP contribution in [-0.4, -0.2) is 23.2 Å². The van der Waals surface area contributed by atoms with Crippen molar-refractivity contribution >= 4 is 12.1 Å². The Bertz CT molecular complexity index is 702. The topological polar surface area (TPSA) is 75.6 Å². The number of amides is 1. The Balaban J connectivity index is 1.95. The third-order valence-corrected chi connectivity index (χ3v) is 3.17. The first-order chi connectivity index (χ1) is 11.4. The minimum Gasteiger partial charge on any atom is -0.480 e. The number of nitrogens with one attached hydrogen (secondary N) is 1. The van der Waals surface area contributed by atoms with Crippen LogP contribution in [-0.2, 0) is 22.6 Å². The van der Waals surface area contributed by atoms with Gasteiger partial charge in [0.15, 0.2) is 0 Å². The van der Waals surface area contributed by atoms with E-state index in [1.807, 2.05) is 6.07 Å². The molecule has 24 heavy (non-hydrogen) atoms. The summed E-state index contributed by atoms with van der Waals surface area (Å²) in [6.45, 7) is -0.0202. The minimum atomic E-state index is -1.37. The normalized spacial score (nSPS) is 11.6. The summed E-state index contributed by atoms with van der Waals surface area (Å²) in [6.07, 6.45) is -1.20. The quantitative estimate of drug-likeness (QED) is 0.851. The molecule has 0 fully saturated rings. The molecule has 0 aliphatic heterocycles. The Morgan fingerprint density at radius 2 is 1.67 bits per heavy atom. The molecule has 2 N–H and O–H groups in total. The van der Waals surface area contributed by atoms with Crippen LogP contribution < -0.4 is 5.32 Å². The van der Waals surface area contributed by atoms with Crippen LogP contribution >= 0.6 is 0 Å². The molecule has 0 heterocycles. The van der Waals surface area contributed by atoms with Gasteiger partial charge in [-0.2, -0.15) is 0 Å². The summed E-state index contributed by atoms with van der Waals surface area (Å²) in [7, 11) is 0. The molecule has 0 radical (unpaired) electrons. The van der Waals surface area contributed by atoms with Crippen molar-refractivity contribution in [3.63, 3.8) is 0 Å². The van der Waals surface area contributed by atoms with E-state index in [0.29, 0.717) is 6.07 Å². The molecular weight excluding hydrogens is 320 g/mol. The van der Waals surface area contributed by atoms with Crippen molar-refractivity contribution in [2.45, 2.75) is 19.1 Å². The molecule has 7 heteroatoms. The van der Waals surface area contributed by atoms with Crippen molar-refractivity contribution in [1.82, 2.24) is 5.32 Å². The van der Waals surface area contributed by atoms with E-state index in [0.717, 1.165) is 17.7 Å². The molecule has 2 aromatic rings. The predicted octanol–water partition coefficient (Wildman–Crippen LogP) is 2.89. The number of ether oxygens (including phenoxy) is 1. The lowest BCUT2D eigenvalue weighted by Crippen LogP contribution is -2.42. The van der Waals surface area contributed by atoms with Gasteiger partial charge in [-0.15, -0.1) is 0 Å². The number of alkyl carbamates (subject to hydrolysis) is 1. The summed E-state index contributed by atoms with van der Waals surface area (Å²) in [5, 5.41) is 11.3. The molecule has 1 unspecified atom stereocenters. The zero-order valence-corrected chi connectivity index (χ0v) is 12.5. The van der Waals surface area contributed by atoms with E-state index in [1.165, 1.54) is 0 Å². The number of carboxylic acid groups (broad SMARTS) is 1. The molecule has 126 valence electrons. The predicted molar refractivity (Wildman–Crippen MR) is 81.2 cm³/mol. The smallest absolute Gasteiger partial charge is 0.408 e. The maximum atomic E-state index is 13.2. The first kappa shape index (κ1) is 17.4. The van der Waals surface area contributed by atoms with E-state index in [4.69, 9.17) is 9.84 Å². The summed E-state index contributed by atoms with van der Waals surface area (Å²) in [5.74, 6) is -2.97. The average molecular weight is 335 g/mol. The summed E-state index contributed by atoms with van der Waals surface area (Å²) >= 11 is 0. The van der Waals surface area contributed by atoms with Crippen LogP contribution in [0.15, 0.2) is 48.5 Å². The van der Waals surface area contributed by atoms with E-state index in [9.17, 15) is 18.4 Å². The largest absolute Gasteiger partial charge is 0.480 e. The van der Waals surface area contributed by atoms with E-state index in [-0.39, 0.29) is 18.6 Å². The van der Waals surface area contributed by atoms with E-state index < -0.39 is 29.7 Å². The second-order valence-corrected chi connectivity index (χ2v) is 5.08. The van der Waals surface area contributed by atoms with Gasteiger partial charge in [0.05, 0.1) is 0 Å². The van der Waals surface area contributed by atoms with Gasteiger partial charge >= 0.3 is 12.1 Å². The molecule has 0 aliphatic rings. The van der Waals surface area contributed by atoms with Gasteiger partial charge in [0.25, 0.3) is 0 Å². The lowest BCUT2D eigenvalue weighted by molar-refractivity contribution is -0.139. The Morgan fingerprint density at radius 1 is 1.04 bits per heavy atom. The number of aliphatic carboxylic acids is 1. The molecule has 0 saturated carbocycles. The fourth-order valence-corrected chi connectivity index (χ4v) is 2.07. The lowest BCUT2D eigenvalue weighted by Gasteiger charge is -2.15. The Morgan fingerprint density at radius 3 is 2.25 bits per heavy atom. The highest BCUT2D eigenvalue weighted by Crippen LogP contribution is 2.11. The summed E-state index contributed by atoms with van der Waals surface area (Å²) in [4.78, 5) is 22.9. The van der Waals surface area contributed by atoms with Crippen LogP contribution in [0.2, 0.25) is 0 Å². The van der Waals surface area contributed by atoms with E-state index in [1.54, 1.807) is 24.3 Å². The second kappa shape index (κ2) is 8.05. The highest BCUT2D eigenvalue weighted by Gasteiger charge is 2.21. The second-order valence-electron chi connectivity index (χ2n) is 5.08. The highest BCUT2D eigenvalue weighted by molar-refractivity contribution is 5.80. The number of rotatable bonds is 6. The van der Waals surface area contributed by atoms with Gasteiger partial charge < -0.3 is 15.2 Å². The van der Waals surface area contributed by atoms with Crippen LogP contribution in [0.5, 0.6) is 0 Å². The minimum absolute atomic E-state index is 0.0202. The molecule has 2 rings (SSSR count). The van der Waals surface area contributed by atoms with Crippen LogP contribution in [0.3, 0.4) is 0 Å². The Kier molecular flexibility index (Phi) is 5.83. The van der Waals surface area contributed by atoms with Gasteiger partial charge in [0.1, 0.15) is 24.3 Å². The molecule has 0 aliphatic carbocycles. The van der Waals surface area contributed by atoms with Crippen molar-refractivity contribution in [2.75, 3.05) is 0 Å². The van der Waals surface area contributed by atoms with Gasteiger partial charge in [-0.05, 0) is 23.3 Å². The molecule has 0 saturated heterocycles. The van der Waals surface area contributed by atoms with Crippen LogP contribution in [0.4, 0.5) is 13.6 Å². The van der Waals surface area contributed by atoms with Gasteiger partial charge in [-0.1, -0.05) is 30.3 Å². The fourth-order valence-electron chi connectivity index (χ4n) is 2.07. The number of carbonyl (C=O) groups is 2. The standard InChI is InChI=1S/C17H15F2NO4/c18-13-6-12(7-14(19)9-13)8-15(16(21)22)20-17(23)24-10-11-4-2-1-3-5-11/h1-7,9,15H,8,10H2,(H,20,23)(H,21,22). The zero-order valence-electron chi connectivity index (χ0n) is 12.5. The van der Waals surface area contributed by atoms with Gasteiger partial charge in [-0.3, -0.25) is 0 Å². The summed E-state index contributed by atoms with van der Waals surface area (Å²) in [5.41, 5.74) is 0.856. The monoisotopic (exact) mass is 335 g/mol. The van der Waals surface area contributed by atoms with Crippen molar-refractivity contribution in [3.8, 4) is 0 Å². The van der Waals surface area contributed by atoms with Crippen LogP contribution in [0.25, 0.3) is 0 Å². The molecule has 2 aromatic carbocycles. The van der Waals surface area contributed by atoms with Crippen molar-refractivity contribution in [1.29, 1.82) is 0 Å². The highest BCUT2D eigenvalue weighted by atomic mass is 19.1. The molecule has 0 spiro atoms. The first-order valence-electron chi connectivity index (χ1n) is 7.09. The van der Waals surface area contributed by atoms with Crippen LogP contribution in [0, 0.1) is 11.6 Å².